The largest absolute Gasteiger partial charge is 0.317 e. The Morgan fingerprint density at radius 1 is 1.21 bits per heavy atom. The molecule has 0 saturated carbocycles. The Kier molecular flexibility index (Phi) is 4.35. The second-order valence-electron chi connectivity index (χ2n) is 2.48. The lowest BCUT2D eigenvalue weighted by molar-refractivity contribution is 0.342. The minimum Gasteiger partial charge on any atom is -0.317 e. The summed E-state index contributed by atoms with van der Waals surface area (Å²) in [7, 11) is 3.04. The van der Waals surface area contributed by atoms with E-state index in [1.807, 2.05) is 12.1 Å². The molecular weight excluding hydrogens is 241 g/mol. The second kappa shape index (κ2) is 5.10. The molecule has 0 spiro atoms. The molecule has 0 atom stereocenters. The van der Waals surface area contributed by atoms with Crippen LogP contribution < -0.4 is 5.09 Å². The average Bonchev–Trinajstić information content (AvgIpc) is 2.21. The smallest absolute Gasteiger partial charge is 0.286 e. The monoisotopic (exact) mass is 251 g/mol. The first kappa shape index (κ1) is 12.0. The van der Waals surface area contributed by atoms with Crippen molar-refractivity contribution < 1.29 is 9.05 Å². The molecule has 0 aliphatic rings. The number of hydrogen-bond acceptors (Lipinski definition) is 3. The minimum absolute atomic E-state index is 0.679. The lowest BCUT2D eigenvalue weighted by Crippen LogP contribution is -1.99. The average molecular weight is 252 g/mol. The van der Waals surface area contributed by atoms with E-state index in [4.69, 9.17) is 32.5 Å². The molecule has 0 saturated heterocycles. The van der Waals surface area contributed by atoms with Crippen LogP contribution in [0.25, 0.3) is 0 Å². The highest BCUT2D eigenvalue weighted by Gasteiger charge is 2.14. The van der Waals surface area contributed by atoms with Crippen LogP contribution in [0, 0.1) is 0 Å². The van der Waals surface area contributed by atoms with Gasteiger partial charge in [0.25, 0.3) is 6.64 Å². The van der Waals surface area contributed by atoms with Gasteiger partial charge in [0.05, 0.1) is 0 Å². The Morgan fingerprint density at radius 2 is 1.71 bits per heavy atom. The van der Waals surface area contributed by atoms with Crippen molar-refractivity contribution in [2.75, 3.05) is 19.3 Å². The molecule has 6 heteroatoms. The number of hydrogen-bond donors (Lipinski definition) is 1. The number of halogens is 1. The molecule has 0 unspecified atom stereocenters. The summed E-state index contributed by atoms with van der Waals surface area (Å²) in [6.45, 7) is -2.38. The third-order valence-electron chi connectivity index (χ3n) is 1.59. The molecule has 1 N–H and O–H groups in total. The van der Waals surface area contributed by atoms with E-state index in [0.29, 0.717) is 5.02 Å². The van der Waals surface area contributed by atoms with Gasteiger partial charge in [0.1, 0.15) is 0 Å². The maximum atomic E-state index is 5.74. The molecule has 1 rings (SSSR count). The summed E-state index contributed by atoms with van der Waals surface area (Å²) in [6, 6.07) is 7.19. The van der Waals surface area contributed by atoms with Crippen LogP contribution in [0.5, 0.6) is 0 Å². The third-order valence-corrected chi connectivity index (χ3v) is 4.50. The van der Waals surface area contributed by atoms with Gasteiger partial charge in [0.15, 0.2) is 0 Å². The van der Waals surface area contributed by atoms with Gasteiger partial charge in [0.2, 0.25) is 0 Å². The molecule has 0 aliphatic heterocycles. The van der Waals surface area contributed by atoms with Crippen LogP contribution >= 0.6 is 18.2 Å². The fraction of sp³-hybridized carbons (Fsp3) is 0.250. The fourth-order valence-electron chi connectivity index (χ4n) is 0.848. The Morgan fingerprint density at radius 3 is 2.14 bits per heavy atom. The van der Waals surface area contributed by atoms with E-state index in [9.17, 15) is 0 Å². The fourth-order valence-corrected chi connectivity index (χ4v) is 2.09. The standard InChI is InChI=1S/C8H11ClNO2PS/c1-11-13(14,12-2)10-8-5-3-7(9)4-6-8/h3-6H,1-2H3,(H,10,14). The molecule has 0 bridgehead atoms. The first-order chi connectivity index (χ1) is 6.59. The Hall–Kier alpha value is -0.120. The summed E-state index contributed by atoms with van der Waals surface area (Å²) in [5, 5.41) is 3.68. The highest BCUT2D eigenvalue weighted by molar-refractivity contribution is 8.10. The van der Waals surface area contributed by atoms with Gasteiger partial charge in [-0.05, 0) is 36.1 Å². The zero-order chi connectivity index (χ0) is 10.6. The number of nitrogens with one attached hydrogen (secondary N) is 1. The zero-order valence-corrected chi connectivity index (χ0v) is 10.3. The summed E-state index contributed by atoms with van der Waals surface area (Å²) in [4.78, 5) is 0. The summed E-state index contributed by atoms with van der Waals surface area (Å²) < 4.78 is 10.2. The van der Waals surface area contributed by atoms with E-state index in [1.165, 1.54) is 14.2 Å². The van der Waals surface area contributed by atoms with Crippen LogP contribution in [0.15, 0.2) is 24.3 Å². The molecular formula is C8H11ClNO2PS. The Labute approximate surface area is 93.6 Å². The molecule has 78 valence electrons. The van der Waals surface area contributed by atoms with Crippen molar-refractivity contribution in [3.05, 3.63) is 29.3 Å². The maximum Gasteiger partial charge on any atom is 0.286 e. The SMILES string of the molecule is COP(=S)(Nc1ccc(Cl)cc1)OC. The van der Waals surface area contributed by atoms with E-state index < -0.39 is 6.64 Å². The summed E-state index contributed by atoms with van der Waals surface area (Å²) in [5.41, 5.74) is 0.835. The molecule has 0 aromatic heterocycles. The number of benzene rings is 1. The van der Waals surface area contributed by atoms with Gasteiger partial charge in [-0.15, -0.1) is 0 Å². The Bertz CT molecular complexity index is 336. The molecule has 0 radical (unpaired) electrons. The van der Waals surface area contributed by atoms with Crippen molar-refractivity contribution in [2.45, 2.75) is 0 Å². The first-order valence-corrected chi connectivity index (χ1v) is 6.86. The predicted molar refractivity (Wildman–Crippen MR) is 63.4 cm³/mol. The summed E-state index contributed by atoms with van der Waals surface area (Å²) in [5.74, 6) is 0. The molecule has 3 nitrogen and oxygen atoms in total. The third kappa shape index (κ3) is 3.23. The molecule has 1 aromatic rings. The van der Waals surface area contributed by atoms with Crippen LogP contribution in [0.3, 0.4) is 0 Å². The van der Waals surface area contributed by atoms with Gasteiger partial charge in [-0.2, -0.15) is 0 Å². The molecule has 0 heterocycles. The molecule has 1 aromatic carbocycles. The van der Waals surface area contributed by atoms with Crippen LogP contribution in [0.4, 0.5) is 5.69 Å². The maximum absolute atomic E-state index is 5.74. The van der Waals surface area contributed by atoms with Crippen molar-refractivity contribution in [1.82, 2.24) is 0 Å². The zero-order valence-electron chi connectivity index (χ0n) is 7.86. The van der Waals surface area contributed by atoms with E-state index in [2.05, 4.69) is 5.09 Å². The van der Waals surface area contributed by atoms with E-state index in [0.717, 1.165) is 5.69 Å². The first-order valence-electron chi connectivity index (χ1n) is 3.85. The highest BCUT2D eigenvalue weighted by Crippen LogP contribution is 2.46. The van der Waals surface area contributed by atoms with Gasteiger partial charge < -0.3 is 14.1 Å². The van der Waals surface area contributed by atoms with Gasteiger partial charge in [-0.1, -0.05) is 11.6 Å². The Balaban J connectivity index is 2.78. The molecule has 0 fully saturated rings. The molecule has 0 aliphatic carbocycles. The van der Waals surface area contributed by atoms with Crippen LogP contribution in [-0.4, -0.2) is 14.2 Å². The number of anilines is 1. The predicted octanol–water partition coefficient (Wildman–Crippen LogP) is 3.27. The van der Waals surface area contributed by atoms with Crippen LogP contribution in [0.2, 0.25) is 5.02 Å². The van der Waals surface area contributed by atoms with E-state index in [-0.39, 0.29) is 0 Å². The van der Waals surface area contributed by atoms with Gasteiger partial charge in [-0.25, -0.2) is 0 Å². The van der Waals surface area contributed by atoms with Crippen molar-refractivity contribution in [1.29, 1.82) is 0 Å². The van der Waals surface area contributed by atoms with Crippen molar-refractivity contribution in [3.8, 4) is 0 Å². The van der Waals surface area contributed by atoms with Gasteiger partial charge >= 0.3 is 0 Å². The lowest BCUT2D eigenvalue weighted by Gasteiger charge is -2.19. The van der Waals surface area contributed by atoms with Crippen molar-refractivity contribution in [2.24, 2.45) is 0 Å². The normalized spacial score (nSPS) is 11.4. The van der Waals surface area contributed by atoms with E-state index in [1.54, 1.807) is 12.1 Å². The van der Waals surface area contributed by atoms with Gasteiger partial charge in [0, 0.05) is 24.9 Å². The number of rotatable bonds is 4. The lowest BCUT2D eigenvalue weighted by atomic mass is 10.3. The van der Waals surface area contributed by atoms with E-state index >= 15 is 0 Å². The minimum atomic E-state index is -2.38. The van der Waals surface area contributed by atoms with Gasteiger partial charge in [-0.3, -0.25) is 0 Å². The summed E-state index contributed by atoms with van der Waals surface area (Å²) in [6.07, 6.45) is 0. The van der Waals surface area contributed by atoms with Crippen LogP contribution in [0.1, 0.15) is 0 Å². The van der Waals surface area contributed by atoms with Crippen molar-refractivity contribution >= 4 is 35.7 Å². The quantitative estimate of drug-likeness (QED) is 0.832. The molecule has 0 amide bonds. The van der Waals surface area contributed by atoms with Crippen LogP contribution in [-0.2, 0) is 20.9 Å². The second-order valence-corrected chi connectivity index (χ2v) is 6.31. The topological polar surface area (TPSA) is 30.5 Å². The molecule has 14 heavy (non-hydrogen) atoms. The summed E-state index contributed by atoms with van der Waals surface area (Å²) >= 11 is 10.9. The highest BCUT2D eigenvalue weighted by atomic mass is 35.5. The van der Waals surface area contributed by atoms with Crippen molar-refractivity contribution in [3.63, 3.8) is 0 Å².